The summed E-state index contributed by atoms with van der Waals surface area (Å²) in [7, 11) is 0. The molecule has 0 aliphatic heterocycles. The fraction of sp³-hybridized carbons (Fsp3) is 0.357. The first-order chi connectivity index (χ1) is 9.65. The van der Waals surface area contributed by atoms with Crippen molar-refractivity contribution in [3.05, 3.63) is 41.2 Å². The minimum atomic E-state index is -0.980. The summed E-state index contributed by atoms with van der Waals surface area (Å²) >= 11 is 1.38. The highest BCUT2D eigenvalue weighted by Crippen LogP contribution is 2.39. The maximum absolute atomic E-state index is 11.4. The van der Waals surface area contributed by atoms with E-state index in [0.717, 1.165) is 24.4 Å². The van der Waals surface area contributed by atoms with Crippen LogP contribution in [0, 0.1) is 6.92 Å². The molecule has 5 nitrogen and oxygen atoms in total. The molecule has 1 saturated carbocycles. The second-order valence-corrected chi connectivity index (χ2v) is 5.76. The molecule has 0 bridgehead atoms. The summed E-state index contributed by atoms with van der Waals surface area (Å²) in [5.41, 5.74) is 0.738. The smallest absolute Gasteiger partial charge is 0.340 e. The van der Waals surface area contributed by atoms with Crippen molar-refractivity contribution in [2.75, 3.05) is 0 Å². The number of nitrogens with zero attached hydrogens (tertiary/aromatic N) is 2. The Kier molecular flexibility index (Phi) is 3.48. The molecule has 1 aliphatic rings. The van der Waals surface area contributed by atoms with Crippen LogP contribution < -0.4 is 0 Å². The highest BCUT2D eigenvalue weighted by molar-refractivity contribution is 7.98. The van der Waals surface area contributed by atoms with Gasteiger partial charge in [-0.2, -0.15) is 0 Å². The summed E-state index contributed by atoms with van der Waals surface area (Å²) in [5.74, 6) is 1.56. The Morgan fingerprint density at radius 1 is 1.50 bits per heavy atom. The second kappa shape index (κ2) is 5.28. The second-order valence-electron chi connectivity index (χ2n) is 4.79. The number of hydrogen-bond donors (Lipinski definition) is 1. The van der Waals surface area contributed by atoms with E-state index in [1.807, 2.05) is 12.1 Å². The first-order valence-electron chi connectivity index (χ1n) is 6.42. The van der Waals surface area contributed by atoms with E-state index in [1.165, 1.54) is 11.8 Å². The van der Waals surface area contributed by atoms with Crippen LogP contribution in [-0.4, -0.2) is 21.0 Å². The number of thioether (sulfide) groups is 1. The number of aryl methyl sites for hydroxylation is 1. The molecule has 0 unspecified atom stereocenters. The zero-order chi connectivity index (χ0) is 14.1. The lowest BCUT2D eigenvalue weighted by molar-refractivity contribution is 0.0690. The van der Waals surface area contributed by atoms with Crippen molar-refractivity contribution < 1.29 is 14.3 Å². The molecule has 2 aromatic rings. The van der Waals surface area contributed by atoms with E-state index in [2.05, 4.69) is 9.97 Å². The maximum Gasteiger partial charge on any atom is 0.340 e. The van der Waals surface area contributed by atoms with Crippen molar-refractivity contribution >= 4 is 17.7 Å². The molecule has 104 valence electrons. The van der Waals surface area contributed by atoms with Crippen LogP contribution in [-0.2, 0) is 5.75 Å². The van der Waals surface area contributed by atoms with Gasteiger partial charge in [-0.1, -0.05) is 11.8 Å². The molecule has 20 heavy (non-hydrogen) atoms. The summed E-state index contributed by atoms with van der Waals surface area (Å²) < 4.78 is 5.26. The zero-order valence-electron chi connectivity index (χ0n) is 11.0. The van der Waals surface area contributed by atoms with Crippen molar-refractivity contribution in [3.8, 4) is 0 Å². The number of aromatic carboxylic acids is 1. The van der Waals surface area contributed by atoms with Gasteiger partial charge in [-0.3, -0.25) is 0 Å². The maximum atomic E-state index is 11.4. The van der Waals surface area contributed by atoms with Gasteiger partial charge >= 0.3 is 5.97 Å². The van der Waals surface area contributed by atoms with E-state index in [1.54, 1.807) is 13.2 Å². The van der Waals surface area contributed by atoms with Crippen LogP contribution in [0.25, 0.3) is 0 Å². The fourth-order valence-electron chi connectivity index (χ4n) is 1.98. The monoisotopic (exact) mass is 290 g/mol. The average molecular weight is 290 g/mol. The minimum Gasteiger partial charge on any atom is -0.478 e. The summed E-state index contributed by atoms with van der Waals surface area (Å²) in [6, 6.07) is 3.68. The molecule has 1 fully saturated rings. The average Bonchev–Trinajstić information content (AvgIpc) is 3.12. The van der Waals surface area contributed by atoms with Crippen molar-refractivity contribution in [2.24, 2.45) is 0 Å². The molecule has 1 N–H and O–H groups in total. The normalized spacial score (nSPS) is 14.4. The molecule has 0 radical (unpaired) electrons. The third-order valence-corrected chi connectivity index (χ3v) is 4.16. The van der Waals surface area contributed by atoms with Gasteiger partial charge in [-0.05, 0) is 31.9 Å². The SMILES string of the molecule is Cc1nc(C2CC2)nc(SCc2ccco2)c1C(=O)O. The molecule has 0 aromatic carbocycles. The largest absolute Gasteiger partial charge is 0.478 e. The molecular weight excluding hydrogens is 276 g/mol. The number of carbonyl (C=O) groups is 1. The Labute approximate surface area is 120 Å². The molecule has 2 heterocycles. The molecule has 1 aliphatic carbocycles. The summed E-state index contributed by atoms with van der Waals surface area (Å²) in [6.45, 7) is 1.73. The first-order valence-corrected chi connectivity index (χ1v) is 7.40. The molecule has 6 heteroatoms. The van der Waals surface area contributed by atoms with Crippen LogP contribution in [0.3, 0.4) is 0 Å². The number of carboxylic acids is 1. The van der Waals surface area contributed by atoms with Crippen LogP contribution in [0.5, 0.6) is 0 Å². The molecular formula is C14H14N2O3S. The Balaban J connectivity index is 1.91. The topological polar surface area (TPSA) is 76.2 Å². The minimum absolute atomic E-state index is 0.200. The van der Waals surface area contributed by atoms with Crippen molar-refractivity contribution in [1.29, 1.82) is 0 Å². The van der Waals surface area contributed by atoms with Crippen LogP contribution >= 0.6 is 11.8 Å². The first kappa shape index (κ1) is 13.2. The number of aromatic nitrogens is 2. The van der Waals surface area contributed by atoms with Crippen molar-refractivity contribution in [2.45, 2.75) is 36.5 Å². The van der Waals surface area contributed by atoms with Gasteiger partial charge in [-0.15, -0.1) is 0 Å². The van der Waals surface area contributed by atoms with Crippen LogP contribution in [0.2, 0.25) is 0 Å². The number of furan rings is 1. The zero-order valence-corrected chi connectivity index (χ0v) is 11.8. The van der Waals surface area contributed by atoms with E-state index in [4.69, 9.17) is 4.42 Å². The summed E-state index contributed by atoms with van der Waals surface area (Å²) in [6.07, 6.45) is 3.79. The van der Waals surface area contributed by atoms with Gasteiger partial charge in [0.2, 0.25) is 0 Å². The van der Waals surface area contributed by atoms with Crippen LogP contribution in [0.15, 0.2) is 27.8 Å². The van der Waals surface area contributed by atoms with Gasteiger partial charge in [-0.25, -0.2) is 14.8 Å². The lowest BCUT2D eigenvalue weighted by Gasteiger charge is -2.09. The quantitative estimate of drug-likeness (QED) is 0.673. The molecule has 0 spiro atoms. The van der Waals surface area contributed by atoms with Crippen LogP contribution in [0.1, 0.15) is 46.4 Å². The Hall–Kier alpha value is -1.82. The Bertz CT molecular complexity index is 636. The third kappa shape index (κ3) is 2.70. The molecule has 0 amide bonds. The molecule has 3 rings (SSSR count). The van der Waals surface area contributed by atoms with Gasteiger partial charge in [0.15, 0.2) is 0 Å². The van der Waals surface area contributed by atoms with E-state index < -0.39 is 5.97 Å². The van der Waals surface area contributed by atoms with Gasteiger partial charge < -0.3 is 9.52 Å². The summed E-state index contributed by atoms with van der Waals surface area (Å²) in [5, 5.41) is 9.86. The highest BCUT2D eigenvalue weighted by Gasteiger charge is 2.29. The molecule has 2 aromatic heterocycles. The Morgan fingerprint density at radius 3 is 2.90 bits per heavy atom. The highest BCUT2D eigenvalue weighted by atomic mass is 32.2. The number of rotatable bonds is 5. The third-order valence-electron chi connectivity index (χ3n) is 3.16. The van der Waals surface area contributed by atoms with E-state index >= 15 is 0 Å². The van der Waals surface area contributed by atoms with Crippen LogP contribution in [0.4, 0.5) is 0 Å². The predicted octanol–water partition coefficient (Wildman–Crippen LogP) is 3.25. The fourth-order valence-corrected chi connectivity index (χ4v) is 2.96. The Morgan fingerprint density at radius 2 is 2.30 bits per heavy atom. The van der Waals surface area contributed by atoms with E-state index in [-0.39, 0.29) is 5.56 Å². The van der Waals surface area contributed by atoms with Gasteiger partial charge in [0.05, 0.1) is 17.7 Å². The van der Waals surface area contributed by atoms with E-state index in [9.17, 15) is 9.90 Å². The number of hydrogen-bond acceptors (Lipinski definition) is 5. The van der Waals surface area contributed by atoms with Gasteiger partial charge in [0.25, 0.3) is 0 Å². The lowest BCUT2D eigenvalue weighted by atomic mass is 10.2. The lowest BCUT2D eigenvalue weighted by Crippen LogP contribution is -2.09. The van der Waals surface area contributed by atoms with E-state index in [0.29, 0.717) is 22.4 Å². The van der Waals surface area contributed by atoms with Gasteiger partial charge in [0, 0.05) is 5.92 Å². The molecule has 0 atom stereocenters. The number of carboxylic acid groups (broad SMARTS) is 1. The van der Waals surface area contributed by atoms with Gasteiger partial charge in [0.1, 0.15) is 22.2 Å². The van der Waals surface area contributed by atoms with Crippen molar-refractivity contribution in [3.63, 3.8) is 0 Å². The summed E-state index contributed by atoms with van der Waals surface area (Å²) in [4.78, 5) is 20.2. The predicted molar refractivity (Wildman–Crippen MR) is 74.0 cm³/mol. The standard InChI is InChI=1S/C14H14N2O3S/c1-8-11(14(17)18)13(16-12(15-8)9-4-5-9)20-7-10-3-2-6-19-10/h2-3,6,9H,4-5,7H2,1H3,(H,17,18). The van der Waals surface area contributed by atoms with Crippen molar-refractivity contribution in [1.82, 2.24) is 9.97 Å². The molecule has 0 saturated heterocycles.